The molecule has 2 aromatic rings. The van der Waals surface area contributed by atoms with Gasteiger partial charge in [0.15, 0.2) is 11.5 Å². The Balaban J connectivity index is 2.30. The van der Waals surface area contributed by atoms with E-state index in [0.717, 1.165) is 11.1 Å². The summed E-state index contributed by atoms with van der Waals surface area (Å²) in [6, 6.07) is 14.7. The Labute approximate surface area is 136 Å². The quantitative estimate of drug-likeness (QED) is 0.852. The van der Waals surface area contributed by atoms with Crippen LogP contribution in [-0.4, -0.2) is 32.1 Å². The van der Waals surface area contributed by atoms with Crippen LogP contribution in [0.4, 0.5) is 0 Å². The number of nitrogens with two attached hydrogens (primary N) is 1. The average Bonchev–Trinajstić information content (AvgIpc) is 2.55. The van der Waals surface area contributed by atoms with E-state index >= 15 is 0 Å². The molecule has 23 heavy (non-hydrogen) atoms. The second-order valence-electron chi connectivity index (χ2n) is 5.28. The first-order valence-corrected chi connectivity index (χ1v) is 7.32. The third-order valence-electron chi connectivity index (χ3n) is 3.73. The zero-order valence-corrected chi connectivity index (χ0v) is 13.7. The van der Waals surface area contributed by atoms with E-state index in [2.05, 4.69) is 0 Å². The number of carbonyl (C=O) groups is 1. The molecule has 0 spiro atoms. The number of likely N-dealkylation sites (N-methyl/N-ethyl adjacent to an activating group) is 1. The maximum Gasteiger partial charge on any atom is 0.239 e. The number of amides is 1. The van der Waals surface area contributed by atoms with Gasteiger partial charge in [0.2, 0.25) is 5.91 Å². The molecule has 5 nitrogen and oxygen atoms in total. The van der Waals surface area contributed by atoms with Crippen molar-refractivity contribution >= 4 is 5.91 Å². The van der Waals surface area contributed by atoms with Crippen LogP contribution >= 0.6 is 0 Å². The number of nitrogens with zero attached hydrogens (tertiary/aromatic N) is 1. The predicted molar refractivity (Wildman–Crippen MR) is 89.4 cm³/mol. The van der Waals surface area contributed by atoms with E-state index in [1.165, 1.54) is 0 Å². The summed E-state index contributed by atoms with van der Waals surface area (Å²) in [5, 5.41) is 0. The van der Waals surface area contributed by atoms with Crippen LogP contribution in [-0.2, 0) is 11.3 Å². The van der Waals surface area contributed by atoms with Gasteiger partial charge in [-0.25, -0.2) is 0 Å². The lowest BCUT2D eigenvalue weighted by Crippen LogP contribution is -2.35. The largest absolute Gasteiger partial charge is 0.493 e. The first-order valence-electron chi connectivity index (χ1n) is 7.32. The summed E-state index contributed by atoms with van der Waals surface area (Å²) >= 11 is 0. The predicted octanol–water partition coefficient (Wildman–Crippen LogP) is 2.36. The molecule has 1 amide bonds. The van der Waals surface area contributed by atoms with Crippen LogP contribution in [0.25, 0.3) is 0 Å². The first-order chi connectivity index (χ1) is 11.1. The summed E-state index contributed by atoms with van der Waals surface area (Å²) in [5.41, 5.74) is 7.41. The van der Waals surface area contributed by atoms with Gasteiger partial charge in [-0.15, -0.1) is 0 Å². The van der Waals surface area contributed by atoms with Gasteiger partial charge in [-0.3, -0.25) is 9.69 Å². The number of para-hydroxylation sites is 1. The number of hydrogen-bond donors (Lipinski definition) is 1. The zero-order chi connectivity index (χ0) is 16.8. The highest BCUT2D eigenvalue weighted by atomic mass is 16.5. The van der Waals surface area contributed by atoms with Crippen molar-refractivity contribution in [2.75, 3.05) is 21.3 Å². The zero-order valence-electron chi connectivity index (χ0n) is 13.7. The lowest BCUT2D eigenvalue weighted by molar-refractivity contribution is -0.123. The molecule has 122 valence electrons. The minimum atomic E-state index is -0.507. The molecular weight excluding hydrogens is 292 g/mol. The Bertz CT molecular complexity index is 659. The van der Waals surface area contributed by atoms with Crippen molar-refractivity contribution in [3.05, 3.63) is 59.7 Å². The van der Waals surface area contributed by atoms with Gasteiger partial charge in [0.05, 0.1) is 14.2 Å². The van der Waals surface area contributed by atoms with Crippen molar-refractivity contribution in [1.29, 1.82) is 0 Å². The summed E-state index contributed by atoms with van der Waals surface area (Å²) in [4.78, 5) is 13.8. The summed E-state index contributed by atoms with van der Waals surface area (Å²) in [5.74, 6) is 0.937. The van der Waals surface area contributed by atoms with Crippen LogP contribution < -0.4 is 15.2 Å². The lowest BCUT2D eigenvalue weighted by Gasteiger charge is -2.26. The Morgan fingerprint density at radius 2 is 1.78 bits per heavy atom. The standard InChI is InChI=1S/C18H22N2O3/c1-20(16(18(19)21)13-8-5-4-6-9-13)12-14-10-7-11-15(22-2)17(14)23-3/h4-11,16H,12H2,1-3H3,(H2,19,21)/t16-/m1/s1. The van der Waals surface area contributed by atoms with Gasteiger partial charge in [-0.05, 0) is 18.7 Å². The number of carbonyl (C=O) groups excluding carboxylic acids is 1. The van der Waals surface area contributed by atoms with E-state index in [0.29, 0.717) is 18.0 Å². The maximum atomic E-state index is 11.9. The maximum absolute atomic E-state index is 11.9. The van der Waals surface area contributed by atoms with Gasteiger partial charge in [-0.2, -0.15) is 0 Å². The van der Waals surface area contributed by atoms with Crippen LogP contribution in [0.1, 0.15) is 17.2 Å². The van der Waals surface area contributed by atoms with Crippen LogP contribution in [0.5, 0.6) is 11.5 Å². The van der Waals surface area contributed by atoms with Crippen LogP contribution in [0, 0.1) is 0 Å². The van der Waals surface area contributed by atoms with Crippen molar-refractivity contribution < 1.29 is 14.3 Å². The smallest absolute Gasteiger partial charge is 0.239 e. The summed E-state index contributed by atoms with van der Waals surface area (Å²) < 4.78 is 10.8. The highest BCUT2D eigenvalue weighted by Crippen LogP contribution is 2.32. The molecule has 0 unspecified atom stereocenters. The minimum absolute atomic E-state index is 0.388. The molecule has 0 saturated heterocycles. The van der Waals surface area contributed by atoms with Gasteiger partial charge in [0.25, 0.3) is 0 Å². The monoisotopic (exact) mass is 314 g/mol. The molecule has 0 aromatic heterocycles. The Hall–Kier alpha value is -2.53. The van der Waals surface area contributed by atoms with E-state index in [4.69, 9.17) is 15.2 Å². The van der Waals surface area contributed by atoms with Crippen molar-refractivity contribution in [1.82, 2.24) is 4.90 Å². The number of hydrogen-bond acceptors (Lipinski definition) is 4. The van der Waals surface area contributed by atoms with Crippen LogP contribution in [0.3, 0.4) is 0 Å². The fourth-order valence-electron chi connectivity index (χ4n) is 2.71. The molecule has 0 radical (unpaired) electrons. The highest BCUT2D eigenvalue weighted by Gasteiger charge is 2.24. The van der Waals surface area contributed by atoms with Gasteiger partial charge >= 0.3 is 0 Å². The van der Waals surface area contributed by atoms with Crippen LogP contribution in [0.2, 0.25) is 0 Å². The number of ether oxygens (including phenoxy) is 2. The summed E-state index contributed by atoms with van der Waals surface area (Å²) in [7, 11) is 5.06. The molecule has 2 aromatic carbocycles. The van der Waals surface area contributed by atoms with E-state index < -0.39 is 6.04 Å². The molecule has 0 aliphatic carbocycles. The summed E-state index contributed by atoms with van der Waals surface area (Å²) in [6.45, 7) is 0.503. The van der Waals surface area contributed by atoms with E-state index in [1.54, 1.807) is 14.2 Å². The Morgan fingerprint density at radius 3 is 2.35 bits per heavy atom. The number of primary amides is 1. The van der Waals surface area contributed by atoms with Crippen molar-refractivity contribution in [3.8, 4) is 11.5 Å². The van der Waals surface area contributed by atoms with Crippen molar-refractivity contribution in [3.63, 3.8) is 0 Å². The Kier molecular flexibility index (Phi) is 5.60. The van der Waals surface area contributed by atoms with Crippen LogP contribution in [0.15, 0.2) is 48.5 Å². The lowest BCUT2D eigenvalue weighted by atomic mass is 10.0. The van der Waals surface area contributed by atoms with Gasteiger partial charge in [0, 0.05) is 12.1 Å². The topological polar surface area (TPSA) is 64.8 Å². The SMILES string of the molecule is COc1cccc(CN(C)[C@@H](C(N)=O)c2ccccc2)c1OC. The van der Waals surface area contributed by atoms with Gasteiger partial charge < -0.3 is 15.2 Å². The second-order valence-corrected chi connectivity index (χ2v) is 5.28. The minimum Gasteiger partial charge on any atom is -0.493 e. The van der Waals surface area contributed by atoms with Gasteiger partial charge in [0.1, 0.15) is 6.04 Å². The fraction of sp³-hybridized carbons (Fsp3) is 0.278. The number of rotatable bonds is 7. The van der Waals surface area contributed by atoms with Crippen molar-refractivity contribution in [2.24, 2.45) is 5.73 Å². The van der Waals surface area contributed by atoms with Gasteiger partial charge in [-0.1, -0.05) is 42.5 Å². The molecular formula is C18H22N2O3. The highest BCUT2D eigenvalue weighted by molar-refractivity contribution is 5.81. The Morgan fingerprint density at radius 1 is 1.09 bits per heavy atom. The molecule has 0 saturated carbocycles. The third kappa shape index (κ3) is 3.81. The average molecular weight is 314 g/mol. The molecule has 0 aliphatic heterocycles. The molecule has 0 fully saturated rings. The fourth-order valence-corrected chi connectivity index (χ4v) is 2.71. The molecule has 2 rings (SSSR count). The molecule has 0 aliphatic rings. The number of methoxy groups -OCH3 is 2. The molecule has 0 heterocycles. The molecule has 2 N–H and O–H groups in total. The first kappa shape index (κ1) is 16.8. The molecule has 0 bridgehead atoms. The molecule has 5 heteroatoms. The number of benzene rings is 2. The van der Waals surface area contributed by atoms with E-state index in [9.17, 15) is 4.79 Å². The molecule has 1 atom stereocenters. The van der Waals surface area contributed by atoms with Crippen molar-refractivity contribution in [2.45, 2.75) is 12.6 Å². The van der Waals surface area contributed by atoms with E-state index in [1.807, 2.05) is 60.5 Å². The second kappa shape index (κ2) is 7.65. The summed E-state index contributed by atoms with van der Waals surface area (Å²) in [6.07, 6.45) is 0. The normalized spacial score (nSPS) is 12.0. The third-order valence-corrected chi connectivity index (χ3v) is 3.73. The van der Waals surface area contributed by atoms with E-state index in [-0.39, 0.29) is 5.91 Å².